The van der Waals surface area contributed by atoms with Crippen LogP contribution in [0.25, 0.3) is 0 Å². The van der Waals surface area contributed by atoms with Gasteiger partial charge in [0, 0.05) is 0 Å². The first kappa shape index (κ1) is 15.8. The van der Waals surface area contributed by atoms with Crippen molar-refractivity contribution in [1.29, 1.82) is 0 Å². The first-order valence-electron chi connectivity index (χ1n) is 0.333. The van der Waals surface area contributed by atoms with Crippen LogP contribution in [0.1, 0.15) is 0 Å². The van der Waals surface area contributed by atoms with Crippen molar-refractivity contribution in [3.8, 4) is 0 Å². The first-order valence-corrected chi connectivity index (χ1v) is 3.00. The van der Waals surface area contributed by atoms with Crippen LogP contribution >= 0.6 is 0 Å². The average molecular weight is 179 g/mol. The second kappa shape index (κ2) is 37.8. The molecular weight excluding hydrogens is 179 g/mol. The molecule has 0 aliphatic heterocycles. The van der Waals surface area contributed by atoms with Gasteiger partial charge in [-0.2, -0.15) is 0 Å². The molecule has 0 aromatic rings. The summed E-state index contributed by atoms with van der Waals surface area (Å²) in [4.78, 5) is 0. The molecule has 0 aliphatic carbocycles. The molecule has 0 nitrogen and oxygen atoms in total. The summed E-state index contributed by atoms with van der Waals surface area (Å²) in [6.07, 6.45) is 0. The Kier molecular flexibility index (Phi) is 119. The van der Waals surface area contributed by atoms with E-state index in [9.17, 15) is 0 Å². The van der Waals surface area contributed by atoms with E-state index in [1.165, 1.54) is 0 Å². The minimum atomic E-state index is 0. The Hall–Kier alpha value is 1.98. The van der Waals surface area contributed by atoms with E-state index >= 15 is 0 Å². The SMILES string of the molecule is [S-][S-].[S-][S-].[V+4]. The second-order valence-electron chi connectivity index (χ2n) is 0. The largest absolute Gasteiger partial charge is 4.00 e. The molecule has 0 heterocycles. The predicted molar refractivity (Wildman–Crippen MR) is 29.5 cm³/mol. The number of hydrogen-bond acceptors (Lipinski definition) is 4. The van der Waals surface area contributed by atoms with Crippen LogP contribution in [-0.4, -0.2) is 0 Å². The minimum absolute atomic E-state index is 0. The maximum absolute atomic E-state index is 3.67. The topological polar surface area (TPSA) is 0 Å². The van der Waals surface area contributed by atoms with E-state index in [1.54, 1.807) is 0 Å². The van der Waals surface area contributed by atoms with E-state index in [1.807, 2.05) is 0 Å². The Balaban J connectivity index is -0.0000000133. The summed E-state index contributed by atoms with van der Waals surface area (Å²) in [7, 11) is 0. The van der Waals surface area contributed by atoms with Gasteiger partial charge in [-0.3, -0.25) is 0 Å². The fraction of sp³-hybridized carbons (Fsp3) is 0. The normalized spacial score (nSPS) is 2.40. The summed E-state index contributed by atoms with van der Waals surface area (Å²) in [5, 5.41) is 0. The third-order valence-electron chi connectivity index (χ3n) is 0. The van der Waals surface area contributed by atoms with Crippen molar-refractivity contribution in [2.24, 2.45) is 0 Å². The van der Waals surface area contributed by atoms with E-state index < -0.39 is 0 Å². The molecule has 5 heteroatoms. The van der Waals surface area contributed by atoms with Crippen LogP contribution in [0.4, 0.5) is 0 Å². The molecule has 0 aromatic heterocycles. The van der Waals surface area contributed by atoms with Crippen molar-refractivity contribution in [3.05, 3.63) is 0 Å². The van der Waals surface area contributed by atoms with E-state index in [4.69, 9.17) is 0 Å². The van der Waals surface area contributed by atoms with Gasteiger partial charge in [0.2, 0.25) is 0 Å². The fourth-order valence-electron chi connectivity index (χ4n) is 0. The van der Waals surface area contributed by atoms with Gasteiger partial charge in [-0.05, 0) is 0 Å². The molecule has 0 rings (SSSR count). The van der Waals surface area contributed by atoms with Gasteiger partial charge in [0.05, 0.1) is 0 Å². The van der Waals surface area contributed by atoms with Crippen molar-refractivity contribution in [2.75, 3.05) is 0 Å². The van der Waals surface area contributed by atoms with Crippen LogP contribution in [0, 0.1) is 0 Å². The quantitative estimate of drug-likeness (QED) is 0.378. The summed E-state index contributed by atoms with van der Waals surface area (Å²) in [5.74, 6) is 0. The van der Waals surface area contributed by atoms with E-state index in [2.05, 4.69) is 46.6 Å². The molecule has 0 bridgehead atoms. The van der Waals surface area contributed by atoms with Gasteiger partial charge >= 0.3 is 18.6 Å². The van der Waals surface area contributed by atoms with Crippen LogP contribution in [0.3, 0.4) is 0 Å². The van der Waals surface area contributed by atoms with Crippen molar-refractivity contribution in [2.45, 2.75) is 0 Å². The Bertz CT molecular complexity index is 3.61. The van der Waals surface area contributed by atoms with Gasteiger partial charge in [-0.1, -0.05) is 0 Å². The molecule has 0 atom stereocenters. The van der Waals surface area contributed by atoms with Crippen molar-refractivity contribution in [3.63, 3.8) is 0 Å². The van der Waals surface area contributed by atoms with Crippen LogP contribution in [0.5, 0.6) is 0 Å². The van der Waals surface area contributed by atoms with E-state index in [-0.39, 0.29) is 18.6 Å². The van der Waals surface area contributed by atoms with Crippen LogP contribution in [-0.2, 0) is 65.2 Å². The Morgan fingerprint density at radius 1 is 0.600 bits per heavy atom. The third kappa shape index (κ3) is 24.1. The molecule has 0 N–H and O–H groups in total. The van der Waals surface area contributed by atoms with Gasteiger partial charge in [0.25, 0.3) is 0 Å². The maximum Gasteiger partial charge on any atom is 4.00 e. The fourth-order valence-corrected chi connectivity index (χ4v) is 0. The monoisotopic (exact) mass is 179 g/mol. The van der Waals surface area contributed by atoms with Crippen molar-refractivity contribution < 1.29 is 18.6 Å². The molecule has 0 unspecified atom stereocenters. The van der Waals surface area contributed by atoms with Crippen LogP contribution < -0.4 is 0 Å². The minimum Gasteiger partial charge on any atom is -1.00 e. The Morgan fingerprint density at radius 2 is 0.600 bits per heavy atom. The van der Waals surface area contributed by atoms with Gasteiger partial charge < -0.3 is 46.6 Å². The molecule has 0 fully saturated rings. The van der Waals surface area contributed by atoms with Crippen LogP contribution in [0.2, 0.25) is 0 Å². The van der Waals surface area contributed by atoms with E-state index in [0.717, 1.165) is 0 Å². The summed E-state index contributed by atoms with van der Waals surface area (Å²) in [6, 6.07) is 0. The maximum atomic E-state index is 3.67. The van der Waals surface area contributed by atoms with Gasteiger partial charge in [0.15, 0.2) is 0 Å². The van der Waals surface area contributed by atoms with Gasteiger partial charge in [-0.15, -0.1) is 0 Å². The zero-order chi connectivity index (χ0) is 4.00. The number of hydrogen-bond donors (Lipinski definition) is 0. The zero-order valence-corrected chi connectivity index (χ0v) is 6.74. The smallest absolute Gasteiger partial charge is 1.00 e. The average Bonchev–Trinajstić information content (AvgIpc) is 1.50. The molecule has 0 saturated heterocycles. The zero-order valence-electron chi connectivity index (χ0n) is 2.08. The molecule has 1 radical (unpaired) electrons. The molecule has 0 saturated carbocycles. The molecule has 5 heavy (non-hydrogen) atoms. The molecule has 0 aliphatic rings. The van der Waals surface area contributed by atoms with Crippen molar-refractivity contribution >= 4 is 46.6 Å². The predicted octanol–water partition coefficient (Wildman–Crippen LogP) is -0.0121. The molecule has 29 valence electrons. The summed E-state index contributed by atoms with van der Waals surface area (Å²) in [5.41, 5.74) is 0. The molecule has 0 spiro atoms. The van der Waals surface area contributed by atoms with E-state index in [0.29, 0.717) is 0 Å². The second-order valence-corrected chi connectivity index (χ2v) is 0. The molecule has 0 amide bonds. The van der Waals surface area contributed by atoms with Gasteiger partial charge in [-0.25, -0.2) is 0 Å². The Labute approximate surface area is 64.8 Å². The van der Waals surface area contributed by atoms with Crippen LogP contribution in [0.15, 0.2) is 0 Å². The summed E-state index contributed by atoms with van der Waals surface area (Å²) in [6.45, 7) is 0. The first-order chi connectivity index (χ1) is 2.00. The van der Waals surface area contributed by atoms with Crippen molar-refractivity contribution in [1.82, 2.24) is 0 Å². The number of rotatable bonds is 0. The third-order valence-corrected chi connectivity index (χ3v) is 0. The molecular formula is S4V. The summed E-state index contributed by atoms with van der Waals surface area (Å²) < 4.78 is 0. The molecule has 0 aromatic carbocycles. The summed E-state index contributed by atoms with van der Waals surface area (Å²) >= 11 is 14.7. The van der Waals surface area contributed by atoms with Gasteiger partial charge in [0.1, 0.15) is 0 Å². The standard InChI is InChI=1S/2S2.V/c2*1-2;/q2*-2;+4. The Morgan fingerprint density at radius 3 is 0.600 bits per heavy atom.